The van der Waals surface area contributed by atoms with E-state index >= 15 is 0 Å². The van der Waals surface area contributed by atoms with Crippen molar-refractivity contribution in [3.8, 4) is 5.75 Å². The third-order valence-electron chi connectivity index (χ3n) is 6.02. The van der Waals surface area contributed by atoms with E-state index in [0.29, 0.717) is 22.0 Å². The Kier molecular flexibility index (Phi) is 4.63. The second kappa shape index (κ2) is 7.35. The monoisotopic (exact) mass is 435 g/mol. The van der Waals surface area contributed by atoms with Crippen molar-refractivity contribution in [2.75, 3.05) is 12.0 Å². The van der Waals surface area contributed by atoms with Crippen LogP contribution in [0.25, 0.3) is 0 Å². The lowest BCUT2D eigenvalue weighted by atomic mass is 9.86. The zero-order chi connectivity index (χ0) is 21.7. The second-order valence-corrected chi connectivity index (χ2v) is 8.03. The Bertz CT molecular complexity index is 1130. The van der Waals surface area contributed by atoms with Crippen LogP contribution in [-0.2, 0) is 9.59 Å². The van der Waals surface area contributed by atoms with Gasteiger partial charge in [0.05, 0.1) is 30.7 Å². The molecule has 3 aliphatic rings. The molecule has 31 heavy (non-hydrogen) atoms. The highest BCUT2D eigenvalue weighted by Crippen LogP contribution is 2.46. The van der Waals surface area contributed by atoms with Crippen LogP contribution in [0.1, 0.15) is 10.4 Å². The molecule has 156 valence electrons. The van der Waals surface area contributed by atoms with E-state index in [-0.39, 0.29) is 11.7 Å². The van der Waals surface area contributed by atoms with Crippen molar-refractivity contribution in [1.29, 1.82) is 0 Å². The molecule has 5 rings (SSSR count). The third kappa shape index (κ3) is 2.96. The predicted octanol–water partition coefficient (Wildman–Crippen LogP) is 2.95. The first-order valence-electron chi connectivity index (χ1n) is 9.82. The number of carbonyl (C=O) groups excluding carboxylic acids is 3. The van der Waals surface area contributed by atoms with Crippen molar-refractivity contribution in [2.45, 2.75) is 12.1 Å². The quantitative estimate of drug-likeness (QED) is 0.545. The highest BCUT2D eigenvalue weighted by Gasteiger charge is 2.64. The SMILES string of the molecule is COc1ccc(C(=O)[C@@H]2[C@@H]3C(=O)N(c4ccc(Cl)cc4)C(=O)[C@H]3[C@H]3C=CC=NN32)cc1. The van der Waals surface area contributed by atoms with Gasteiger partial charge in [-0.1, -0.05) is 17.7 Å². The fourth-order valence-electron chi connectivity index (χ4n) is 4.61. The Labute approximate surface area is 183 Å². The summed E-state index contributed by atoms with van der Waals surface area (Å²) in [5, 5.41) is 6.45. The van der Waals surface area contributed by atoms with Crippen LogP contribution in [0.15, 0.2) is 65.8 Å². The average Bonchev–Trinajstić information content (AvgIpc) is 3.27. The van der Waals surface area contributed by atoms with Gasteiger partial charge < -0.3 is 4.74 Å². The Morgan fingerprint density at radius 2 is 1.68 bits per heavy atom. The van der Waals surface area contributed by atoms with E-state index < -0.39 is 29.8 Å². The predicted molar refractivity (Wildman–Crippen MR) is 115 cm³/mol. The first-order chi connectivity index (χ1) is 15.0. The molecule has 0 bridgehead atoms. The number of fused-ring (bicyclic) bond motifs is 3. The highest BCUT2D eigenvalue weighted by atomic mass is 35.5. The second-order valence-electron chi connectivity index (χ2n) is 7.60. The number of carbonyl (C=O) groups is 3. The standard InChI is InChI=1S/C23H18ClN3O4/c1-31-16-10-4-13(5-11-16)21(28)20-19-18(17-3-2-12-25-27(17)20)22(29)26(23(19)30)15-8-6-14(24)7-9-15/h2-12,17-20H,1H3/t17-,18+,19-,20+/m1/s1. The molecule has 4 atom stereocenters. The molecule has 0 N–H and O–H groups in total. The number of nitrogens with zero attached hydrogens (tertiary/aromatic N) is 3. The maximum atomic E-state index is 13.5. The Hall–Kier alpha value is -3.45. The van der Waals surface area contributed by atoms with Gasteiger partial charge >= 0.3 is 0 Å². The van der Waals surface area contributed by atoms with Gasteiger partial charge in [0.2, 0.25) is 11.8 Å². The molecule has 2 amide bonds. The van der Waals surface area contributed by atoms with Crippen LogP contribution in [0.2, 0.25) is 5.02 Å². The van der Waals surface area contributed by atoms with Gasteiger partial charge in [-0.15, -0.1) is 0 Å². The van der Waals surface area contributed by atoms with Gasteiger partial charge in [-0.05, 0) is 54.6 Å². The molecule has 2 fully saturated rings. The summed E-state index contributed by atoms with van der Waals surface area (Å²) in [6.07, 6.45) is 5.13. The van der Waals surface area contributed by atoms with Crippen molar-refractivity contribution < 1.29 is 19.1 Å². The maximum absolute atomic E-state index is 13.5. The van der Waals surface area contributed by atoms with Gasteiger partial charge in [-0.25, -0.2) is 4.90 Å². The van der Waals surface area contributed by atoms with Crippen LogP contribution in [0.5, 0.6) is 5.75 Å². The number of allylic oxidation sites excluding steroid dienone is 1. The van der Waals surface area contributed by atoms with Crippen LogP contribution in [0, 0.1) is 11.8 Å². The molecule has 2 saturated heterocycles. The molecule has 0 aliphatic carbocycles. The number of rotatable bonds is 4. The van der Waals surface area contributed by atoms with Crippen molar-refractivity contribution in [3.63, 3.8) is 0 Å². The summed E-state index contributed by atoms with van der Waals surface area (Å²) >= 11 is 5.96. The van der Waals surface area contributed by atoms with Gasteiger partial charge in [-0.2, -0.15) is 5.10 Å². The van der Waals surface area contributed by atoms with E-state index in [4.69, 9.17) is 16.3 Å². The van der Waals surface area contributed by atoms with E-state index in [9.17, 15) is 14.4 Å². The van der Waals surface area contributed by atoms with Gasteiger partial charge in [0.1, 0.15) is 11.8 Å². The molecule has 3 aliphatic heterocycles. The van der Waals surface area contributed by atoms with Gasteiger partial charge in [-0.3, -0.25) is 19.4 Å². The Balaban J connectivity index is 1.55. The van der Waals surface area contributed by atoms with E-state index in [1.54, 1.807) is 72.9 Å². The topological polar surface area (TPSA) is 79.3 Å². The van der Waals surface area contributed by atoms with E-state index in [1.165, 1.54) is 4.90 Å². The number of imide groups is 1. The number of Topliss-reactive ketones (excluding diaryl/α,β-unsaturated/α-hetero) is 1. The average molecular weight is 436 g/mol. The third-order valence-corrected chi connectivity index (χ3v) is 6.27. The van der Waals surface area contributed by atoms with E-state index in [1.807, 2.05) is 6.08 Å². The van der Waals surface area contributed by atoms with Gasteiger partial charge in [0.15, 0.2) is 5.78 Å². The zero-order valence-electron chi connectivity index (χ0n) is 16.5. The number of halogens is 1. The van der Waals surface area contributed by atoms with Crippen molar-refractivity contribution in [2.24, 2.45) is 16.9 Å². The molecule has 2 aromatic carbocycles. The first kappa shape index (κ1) is 19.5. The number of hydrogen-bond acceptors (Lipinski definition) is 6. The number of hydrogen-bond donors (Lipinski definition) is 0. The summed E-state index contributed by atoms with van der Waals surface area (Å²) in [7, 11) is 1.55. The molecular weight excluding hydrogens is 418 g/mol. The first-order valence-corrected chi connectivity index (χ1v) is 10.2. The Morgan fingerprint density at radius 1 is 1.00 bits per heavy atom. The summed E-state index contributed by atoms with van der Waals surface area (Å²) < 4.78 is 5.16. The number of hydrazone groups is 1. The molecule has 0 spiro atoms. The van der Waals surface area contributed by atoms with E-state index in [2.05, 4.69) is 5.10 Å². The number of ketones is 1. The fourth-order valence-corrected chi connectivity index (χ4v) is 4.73. The summed E-state index contributed by atoms with van der Waals surface area (Å²) in [4.78, 5) is 41.5. The molecule has 0 aromatic heterocycles. The van der Waals surface area contributed by atoms with Crippen molar-refractivity contribution in [1.82, 2.24) is 5.01 Å². The summed E-state index contributed by atoms with van der Waals surface area (Å²) in [5.74, 6) is -1.89. The number of benzene rings is 2. The minimum Gasteiger partial charge on any atom is -0.497 e. The Morgan fingerprint density at radius 3 is 2.35 bits per heavy atom. The van der Waals surface area contributed by atoms with Crippen LogP contribution in [0.4, 0.5) is 5.69 Å². The molecular formula is C23H18ClN3O4. The molecule has 0 saturated carbocycles. The van der Waals surface area contributed by atoms with Crippen molar-refractivity contribution in [3.05, 3.63) is 71.3 Å². The number of amides is 2. The van der Waals surface area contributed by atoms with E-state index in [0.717, 1.165) is 0 Å². The molecule has 7 nitrogen and oxygen atoms in total. The van der Waals surface area contributed by atoms with Crippen LogP contribution < -0.4 is 9.64 Å². The van der Waals surface area contributed by atoms with Crippen molar-refractivity contribution >= 4 is 41.1 Å². The zero-order valence-corrected chi connectivity index (χ0v) is 17.3. The number of methoxy groups -OCH3 is 1. The van der Waals surface area contributed by atoms with Crippen LogP contribution in [0.3, 0.4) is 0 Å². The lowest BCUT2D eigenvalue weighted by Gasteiger charge is -2.30. The van der Waals surface area contributed by atoms with Crippen LogP contribution >= 0.6 is 11.6 Å². The summed E-state index contributed by atoms with van der Waals surface area (Å²) in [6.45, 7) is 0. The lowest BCUT2D eigenvalue weighted by Crippen LogP contribution is -2.46. The molecule has 2 aromatic rings. The number of ether oxygens (including phenoxy) is 1. The molecule has 0 unspecified atom stereocenters. The van der Waals surface area contributed by atoms with Gasteiger partial charge in [0, 0.05) is 16.8 Å². The van der Waals surface area contributed by atoms with Crippen LogP contribution in [-0.4, -0.2) is 48.0 Å². The summed E-state index contributed by atoms with van der Waals surface area (Å²) in [5.41, 5.74) is 0.874. The smallest absolute Gasteiger partial charge is 0.240 e. The maximum Gasteiger partial charge on any atom is 0.240 e. The fraction of sp³-hybridized carbons (Fsp3) is 0.217. The highest BCUT2D eigenvalue weighted by molar-refractivity contribution is 6.31. The largest absolute Gasteiger partial charge is 0.497 e. The minimum atomic E-state index is -0.877. The summed E-state index contributed by atoms with van der Waals surface area (Å²) in [6, 6.07) is 11.9. The number of anilines is 1. The minimum absolute atomic E-state index is 0.258. The normalized spacial score (nSPS) is 26.3. The molecule has 8 heteroatoms. The van der Waals surface area contributed by atoms with Gasteiger partial charge in [0.25, 0.3) is 0 Å². The molecule has 0 radical (unpaired) electrons. The lowest BCUT2D eigenvalue weighted by molar-refractivity contribution is -0.123. The molecule has 3 heterocycles.